The van der Waals surface area contributed by atoms with Crippen molar-refractivity contribution >= 4 is 17.3 Å². The lowest BCUT2D eigenvalue weighted by Crippen LogP contribution is -2.11. The Hall–Kier alpha value is -2.49. The van der Waals surface area contributed by atoms with E-state index in [1.54, 1.807) is 18.2 Å². The lowest BCUT2D eigenvalue weighted by molar-refractivity contribution is 0.0339. The fourth-order valence-corrected chi connectivity index (χ4v) is 1.78. The first-order chi connectivity index (χ1) is 9.08. The highest BCUT2D eigenvalue weighted by Crippen LogP contribution is 2.21. The van der Waals surface area contributed by atoms with Gasteiger partial charge in [-0.15, -0.1) is 0 Å². The zero-order chi connectivity index (χ0) is 13.8. The van der Waals surface area contributed by atoms with Gasteiger partial charge in [0.15, 0.2) is 0 Å². The van der Waals surface area contributed by atoms with E-state index in [4.69, 9.17) is 16.2 Å². The van der Waals surface area contributed by atoms with Gasteiger partial charge in [0.25, 0.3) is 0 Å². The van der Waals surface area contributed by atoms with Crippen molar-refractivity contribution in [2.24, 2.45) is 0 Å². The van der Waals surface area contributed by atoms with E-state index >= 15 is 0 Å². The van der Waals surface area contributed by atoms with E-state index in [0.29, 0.717) is 16.9 Å². The van der Waals surface area contributed by atoms with Gasteiger partial charge in [-0.2, -0.15) is 0 Å². The third kappa shape index (κ3) is 3.04. The Morgan fingerprint density at radius 2 is 1.79 bits per heavy atom. The van der Waals surface area contributed by atoms with Gasteiger partial charge >= 0.3 is 5.97 Å². The van der Waals surface area contributed by atoms with Crippen molar-refractivity contribution in [1.29, 1.82) is 0 Å². The molecule has 0 spiro atoms. The summed E-state index contributed by atoms with van der Waals surface area (Å²) in [5, 5.41) is 0. The SMILES string of the molecule is CC(OC(=O)c1ccc(N)cc1N)c1ccccc1. The molecule has 1 unspecified atom stereocenters. The Morgan fingerprint density at radius 3 is 2.42 bits per heavy atom. The molecule has 2 aromatic rings. The molecule has 2 rings (SSSR count). The summed E-state index contributed by atoms with van der Waals surface area (Å²) < 4.78 is 5.38. The highest BCUT2D eigenvalue weighted by atomic mass is 16.5. The number of nitrogens with two attached hydrogens (primary N) is 2. The molecule has 0 bridgehead atoms. The van der Waals surface area contributed by atoms with Crippen LogP contribution in [-0.4, -0.2) is 5.97 Å². The number of benzene rings is 2. The zero-order valence-corrected chi connectivity index (χ0v) is 10.7. The molecule has 4 nitrogen and oxygen atoms in total. The second-order valence-corrected chi connectivity index (χ2v) is 4.30. The maximum atomic E-state index is 12.0. The Kier molecular flexibility index (Phi) is 3.71. The van der Waals surface area contributed by atoms with Gasteiger partial charge in [0.1, 0.15) is 6.10 Å². The molecule has 4 N–H and O–H groups in total. The summed E-state index contributed by atoms with van der Waals surface area (Å²) in [7, 11) is 0. The standard InChI is InChI=1S/C15H16N2O2/c1-10(11-5-3-2-4-6-11)19-15(18)13-8-7-12(16)9-14(13)17/h2-10H,16-17H2,1H3. The molecular weight excluding hydrogens is 240 g/mol. The molecule has 0 aliphatic heterocycles. The molecule has 0 saturated carbocycles. The van der Waals surface area contributed by atoms with Crippen LogP contribution in [0.1, 0.15) is 28.9 Å². The van der Waals surface area contributed by atoms with Gasteiger partial charge in [0.2, 0.25) is 0 Å². The van der Waals surface area contributed by atoms with E-state index in [9.17, 15) is 4.79 Å². The Balaban J connectivity index is 2.13. The highest BCUT2D eigenvalue weighted by molar-refractivity contribution is 5.95. The first kappa shape index (κ1) is 13.0. The van der Waals surface area contributed by atoms with Crippen molar-refractivity contribution in [2.75, 3.05) is 11.5 Å². The van der Waals surface area contributed by atoms with Crippen LogP contribution in [0.15, 0.2) is 48.5 Å². The normalized spacial score (nSPS) is 11.8. The van der Waals surface area contributed by atoms with Crippen molar-refractivity contribution in [3.8, 4) is 0 Å². The molecule has 1 atom stereocenters. The Labute approximate surface area is 112 Å². The van der Waals surface area contributed by atoms with Crippen LogP contribution in [0.2, 0.25) is 0 Å². The van der Waals surface area contributed by atoms with Crippen molar-refractivity contribution in [1.82, 2.24) is 0 Å². The maximum Gasteiger partial charge on any atom is 0.340 e. The van der Waals surface area contributed by atoms with Gasteiger partial charge in [-0.3, -0.25) is 0 Å². The van der Waals surface area contributed by atoms with Crippen LogP contribution < -0.4 is 11.5 Å². The number of rotatable bonds is 3. The summed E-state index contributed by atoms with van der Waals surface area (Å²) in [4.78, 5) is 12.0. The van der Waals surface area contributed by atoms with Gasteiger partial charge in [0.05, 0.1) is 5.56 Å². The minimum atomic E-state index is -0.450. The fourth-order valence-electron chi connectivity index (χ4n) is 1.78. The molecule has 0 aromatic heterocycles. The number of carbonyl (C=O) groups is 1. The van der Waals surface area contributed by atoms with Crippen LogP contribution in [0.4, 0.5) is 11.4 Å². The molecule has 0 aliphatic carbocycles. The smallest absolute Gasteiger partial charge is 0.340 e. The quantitative estimate of drug-likeness (QED) is 0.653. The summed E-state index contributed by atoms with van der Waals surface area (Å²) in [6, 6.07) is 14.3. The lowest BCUT2D eigenvalue weighted by Gasteiger charge is -2.14. The number of nitrogen functional groups attached to an aromatic ring is 2. The number of hydrogen-bond acceptors (Lipinski definition) is 4. The van der Waals surface area contributed by atoms with Crippen LogP contribution >= 0.6 is 0 Å². The Bertz CT molecular complexity index is 582. The van der Waals surface area contributed by atoms with Crippen LogP contribution in [0, 0.1) is 0 Å². The van der Waals surface area contributed by atoms with Crippen molar-refractivity contribution in [3.63, 3.8) is 0 Å². The number of hydrogen-bond donors (Lipinski definition) is 2. The van der Waals surface area contributed by atoms with Gasteiger partial charge in [-0.05, 0) is 30.7 Å². The Morgan fingerprint density at radius 1 is 1.11 bits per heavy atom. The van der Waals surface area contributed by atoms with Crippen molar-refractivity contribution in [2.45, 2.75) is 13.0 Å². The number of ether oxygens (including phenoxy) is 1. The van der Waals surface area contributed by atoms with Gasteiger partial charge in [-0.25, -0.2) is 4.79 Å². The summed E-state index contributed by atoms with van der Waals surface area (Å²) in [6.45, 7) is 1.82. The molecule has 0 radical (unpaired) electrons. The molecule has 2 aromatic carbocycles. The number of anilines is 2. The topological polar surface area (TPSA) is 78.3 Å². The molecule has 0 saturated heterocycles. The van der Waals surface area contributed by atoms with Crippen LogP contribution in [0.25, 0.3) is 0 Å². The van der Waals surface area contributed by atoms with Gasteiger partial charge in [0, 0.05) is 11.4 Å². The molecule has 98 valence electrons. The average Bonchev–Trinajstić information content (AvgIpc) is 2.39. The van der Waals surface area contributed by atoms with Crippen molar-refractivity contribution in [3.05, 3.63) is 59.7 Å². The van der Waals surface area contributed by atoms with E-state index in [1.807, 2.05) is 37.3 Å². The minimum absolute atomic E-state index is 0.324. The van der Waals surface area contributed by atoms with Crippen molar-refractivity contribution < 1.29 is 9.53 Å². The van der Waals surface area contributed by atoms with E-state index < -0.39 is 5.97 Å². The molecular formula is C15H16N2O2. The summed E-state index contributed by atoms with van der Waals surface area (Å²) in [5.74, 6) is -0.450. The minimum Gasteiger partial charge on any atom is -0.454 e. The maximum absolute atomic E-state index is 12.0. The van der Waals surface area contributed by atoms with Crippen LogP contribution in [0.3, 0.4) is 0 Å². The number of carbonyl (C=O) groups excluding carboxylic acids is 1. The third-order valence-corrected chi connectivity index (χ3v) is 2.85. The molecule has 19 heavy (non-hydrogen) atoms. The number of esters is 1. The fraction of sp³-hybridized carbons (Fsp3) is 0.133. The van der Waals surface area contributed by atoms with Gasteiger partial charge < -0.3 is 16.2 Å². The summed E-state index contributed by atoms with van der Waals surface area (Å²) >= 11 is 0. The first-order valence-electron chi connectivity index (χ1n) is 5.99. The third-order valence-electron chi connectivity index (χ3n) is 2.85. The lowest BCUT2D eigenvalue weighted by atomic mass is 10.1. The van der Waals surface area contributed by atoms with E-state index in [0.717, 1.165) is 5.56 Å². The largest absolute Gasteiger partial charge is 0.454 e. The highest BCUT2D eigenvalue weighted by Gasteiger charge is 2.15. The zero-order valence-electron chi connectivity index (χ0n) is 10.7. The first-order valence-corrected chi connectivity index (χ1v) is 5.99. The van der Waals surface area contributed by atoms with Crippen LogP contribution in [-0.2, 0) is 4.74 Å². The molecule has 0 aliphatic rings. The molecule has 4 heteroatoms. The van der Waals surface area contributed by atoms with E-state index in [1.165, 1.54) is 0 Å². The molecule has 0 amide bonds. The average molecular weight is 256 g/mol. The predicted octanol–water partition coefficient (Wildman–Crippen LogP) is 2.77. The molecule has 0 fully saturated rings. The van der Waals surface area contributed by atoms with E-state index in [2.05, 4.69) is 0 Å². The van der Waals surface area contributed by atoms with Crippen LogP contribution in [0.5, 0.6) is 0 Å². The predicted molar refractivity (Wildman–Crippen MR) is 75.5 cm³/mol. The second-order valence-electron chi connectivity index (χ2n) is 4.30. The monoisotopic (exact) mass is 256 g/mol. The summed E-state index contributed by atoms with van der Waals surface area (Å²) in [5.41, 5.74) is 13.5. The molecule has 0 heterocycles. The second kappa shape index (κ2) is 5.44. The summed E-state index contributed by atoms with van der Waals surface area (Å²) in [6.07, 6.45) is -0.328. The van der Waals surface area contributed by atoms with E-state index in [-0.39, 0.29) is 6.10 Å². The van der Waals surface area contributed by atoms with Gasteiger partial charge in [-0.1, -0.05) is 30.3 Å².